The highest BCUT2D eigenvalue weighted by Crippen LogP contribution is 2.26. The molecule has 0 saturated heterocycles. The van der Waals surface area contributed by atoms with E-state index >= 15 is 0 Å². The third-order valence-electron chi connectivity index (χ3n) is 4.06. The third-order valence-corrected chi connectivity index (χ3v) is 5.72. The lowest BCUT2D eigenvalue weighted by molar-refractivity contribution is -0.701. The monoisotopic (exact) mass is 389 g/mol. The van der Waals surface area contributed by atoms with Gasteiger partial charge in [0.2, 0.25) is 0 Å². The molecule has 1 aromatic heterocycles. The highest BCUT2D eigenvalue weighted by molar-refractivity contribution is 7.90. The Bertz CT molecular complexity index is 1210. The summed E-state index contributed by atoms with van der Waals surface area (Å²) in [6.07, 6.45) is 0. The van der Waals surface area contributed by atoms with E-state index in [4.69, 9.17) is 10.7 Å². The minimum atomic E-state index is -3.64. The zero-order chi connectivity index (χ0) is 20.1. The number of allylic oxidation sites excluding steroid dienone is 1. The molecule has 0 bridgehead atoms. The largest absolute Gasteiger partial charge is 0.757 e. The summed E-state index contributed by atoms with van der Waals surface area (Å²) in [6.45, 7) is 1.63. The molecule has 0 radical (unpaired) electrons. The summed E-state index contributed by atoms with van der Waals surface area (Å²) in [7, 11) is -3.64. The van der Waals surface area contributed by atoms with Gasteiger partial charge in [0.15, 0.2) is 15.9 Å². The normalized spacial score (nSPS) is 10.7. The molecule has 138 valence electrons. The topological polar surface area (TPSA) is 110 Å². The number of hydrogen-bond acceptors (Lipinski definition) is 5. The van der Waals surface area contributed by atoms with E-state index in [9.17, 15) is 8.42 Å². The molecule has 0 unspecified atom stereocenters. The molecule has 0 spiro atoms. The number of aryl methyl sites for hydroxylation is 1. The van der Waals surface area contributed by atoms with Crippen LogP contribution in [0.1, 0.15) is 11.3 Å². The number of nitriles is 1. The van der Waals surface area contributed by atoms with Crippen LogP contribution in [0.25, 0.3) is 22.4 Å². The van der Waals surface area contributed by atoms with Crippen LogP contribution in [0.3, 0.4) is 0 Å². The van der Waals surface area contributed by atoms with Crippen LogP contribution in [0.4, 0.5) is 0 Å². The molecule has 0 N–H and O–H groups in total. The molecule has 3 rings (SSSR count). The van der Waals surface area contributed by atoms with E-state index in [0.717, 1.165) is 4.80 Å². The molecule has 0 saturated carbocycles. The van der Waals surface area contributed by atoms with Crippen molar-refractivity contribution in [3.05, 3.63) is 77.3 Å². The van der Waals surface area contributed by atoms with Crippen LogP contribution in [-0.4, -0.2) is 24.5 Å². The van der Waals surface area contributed by atoms with E-state index in [1.165, 1.54) is 12.1 Å². The van der Waals surface area contributed by atoms with E-state index < -0.39 is 9.84 Å². The maximum absolute atomic E-state index is 12.9. The van der Waals surface area contributed by atoms with Crippen molar-refractivity contribution in [2.45, 2.75) is 17.6 Å². The number of aromatic nitrogens is 3. The maximum atomic E-state index is 12.9. The molecule has 0 aliphatic rings. The van der Waals surface area contributed by atoms with Crippen molar-refractivity contribution < 1.29 is 13.2 Å². The zero-order valence-electron chi connectivity index (χ0n) is 14.9. The molecular weight excluding hydrogens is 374 g/mol. The van der Waals surface area contributed by atoms with Gasteiger partial charge in [-0.3, -0.25) is 0 Å². The molecular formula is C20H15N5O2S. The van der Waals surface area contributed by atoms with E-state index in [1.807, 2.05) is 6.07 Å². The maximum Gasteiger partial charge on any atom is 0.364 e. The van der Waals surface area contributed by atoms with Crippen LogP contribution in [0.5, 0.6) is 0 Å². The molecule has 8 heteroatoms. The van der Waals surface area contributed by atoms with Crippen LogP contribution < -0.4 is 4.80 Å². The molecule has 0 atom stereocenters. The highest BCUT2D eigenvalue weighted by atomic mass is 32.2. The summed E-state index contributed by atoms with van der Waals surface area (Å²) in [5, 5.41) is 26.7. The molecule has 0 aliphatic heterocycles. The van der Waals surface area contributed by atoms with Gasteiger partial charge in [-0.1, -0.05) is 48.5 Å². The van der Waals surface area contributed by atoms with Gasteiger partial charge in [0.1, 0.15) is 11.4 Å². The average molecular weight is 389 g/mol. The Morgan fingerprint density at radius 2 is 1.68 bits per heavy atom. The molecule has 1 heterocycles. The van der Waals surface area contributed by atoms with Gasteiger partial charge < -0.3 is 5.41 Å². The third kappa shape index (κ3) is 3.86. The van der Waals surface area contributed by atoms with Crippen molar-refractivity contribution in [3.8, 4) is 17.3 Å². The van der Waals surface area contributed by atoms with Crippen molar-refractivity contribution in [2.75, 3.05) is 0 Å². The van der Waals surface area contributed by atoms with Crippen molar-refractivity contribution in [2.24, 2.45) is 0 Å². The SMILES string of the molecule is Cc1n[n+](C(=C=[N-])C#N)nc(-c2ccccc2)c1CS(=O)(=O)c1ccccc1. The smallest absolute Gasteiger partial charge is 0.364 e. The van der Waals surface area contributed by atoms with Gasteiger partial charge in [0.25, 0.3) is 0 Å². The standard InChI is InChI=1S/C20H15N5O2S/c1-15-19(14-28(26,27)18-10-6-3-7-11-18)20(16-8-4-2-5-9-16)24-25(23-15)17(12-21)13-22/h2-11H,14H2,1H3. The first-order chi connectivity index (χ1) is 13.5. The Hall–Kier alpha value is -3.66. The van der Waals surface area contributed by atoms with Crippen LogP contribution in [0.2, 0.25) is 0 Å². The molecule has 0 amide bonds. The zero-order valence-corrected chi connectivity index (χ0v) is 15.8. The first-order valence-corrected chi connectivity index (χ1v) is 9.92. The quantitative estimate of drug-likeness (QED) is 0.378. The first kappa shape index (κ1) is 19.1. The lowest BCUT2D eigenvalue weighted by Gasteiger charge is -2.10. The number of rotatable bonds is 5. The predicted molar refractivity (Wildman–Crippen MR) is 103 cm³/mol. The molecule has 3 aromatic rings. The summed E-state index contributed by atoms with van der Waals surface area (Å²) in [4.78, 5) is 1.14. The van der Waals surface area contributed by atoms with Crippen LogP contribution >= 0.6 is 0 Å². The lowest BCUT2D eigenvalue weighted by atomic mass is 10.1. The van der Waals surface area contributed by atoms with E-state index in [-0.39, 0.29) is 16.3 Å². The molecule has 2 aromatic carbocycles. The van der Waals surface area contributed by atoms with Crippen LogP contribution in [0.15, 0.2) is 65.6 Å². The first-order valence-electron chi connectivity index (χ1n) is 8.27. The molecule has 7 nitrogen and oxygen atoms in total. The summed E-state index contributed by atoms with van der Waals surface area (Å²) in [5.74, 6) is 1.44. The summed E-state index contributed by atoms with van der Waals surface area (Å²) in [5.41, 5.74) is 1.50. The van der Waals surface area contributed by atoms with Gasteiger partial charge >= 0.3 is 5.70 Å². The summed E-state index contributed by atoms with van der Waals surface area (Å²) < 4.78 is 25.8. The van der Waals surface area contributed by atoms with Gasteiger partial charge in [0.05, 0.1) is 15.4 Å². The van der Waals surface area contributed by atoms with Crippen LogP contribution in [0, 0.1) is 18.3 Å². The Morgan fingerprint density at radius 3 is 2.25 bits per heavy atom. The Balaban J connectivity index is 2.21. The summed E-state index contributed by atoms with van der Waals surface area (Å²) >= 11 is 0. The van der Waals surface area contributed by atoms with E-state index in [0.29, 0.717) is 22.5 Å². The Morgan fingerprint density at radius 1 is 1.07 bits per heavy atom. The highest BCUT2D eigenvalue weighted by Gasteiger charge is 2.26. The fourth-order valence-electron chi connectivity index (χ4n) is 2.67. The number of benzene rings is 2. The van der Waals surface area contributed by atoms with Gasteiger partial charge in [0, 0.05) is 21.3 Å². The fraction of sp³-hybridized carbons (Fsp3) is 0.100. The second kappa shape index (κ2) is 7.92. The predicted octanol–water partition coefficient (Wildman–Crippen LogP) is 2.32. The van der Waals surface area contributed by atoms with Crippen molar-refractivity contribution in [3.63, 3.8) is 0 Å². The van der Waals surface area contributed by atoms with Gasteiger partial charge in [-0.25, -0.2) is 8.42 Å². The Kier molecular flexibility index (Phi) is 5.41. The molecule has 0 aliphatic carbocycles. The number of nitrogens with zero attached hydrogens (tertiary/aromatic N) is 5. The molecule has 28 heavy (non-hydrogen) atoms. The fourth-order valence-corrected chi connectivity index (χ4v) is 4.13. The van der Waals surface area contributed by atoms with E-state index in [1.54, 1.807) is 61.3 Å². The van der Waals surface area contributed by atoms with Gasteiger partial charge in [-0.15, -0.1) is 0 Å². The number of hydrogen-bond donors (Lipinski definition) is 0. The minimum absolute atomic E-state index is 0.200. The second-order valence-electron chi connectivity index (χ2n) is 5.91. The van der Waals surface area contributed by atoms with Gasteiger partial charge in [-0.2, -0.15) is 11.1 Å². The van der Waals surface area contributed by atoms with Gasteiger partial charge in [-0.05, 0) is 19.1 Å². The average Bonchev–Trinajstić information content (AvgIpc) is 2.72. The minimum Gasteiger partial charge on any atom is -0.757 e. The van der Waals surface area contributed by atoms with Crippen molar-refractivity contribution in [1.29, 1.82) is 5.26 Å². The van der Waals surface area contributed by atoms with Crippen molar-refractivity contribution in [1.82, 2.24) is 10.2 Å². The molecule has 0 fully saturated rings. The summed E-state index contributed by atoms with van der Waals surface area (Å²) in [6, 6.07) is 18.9. The lowest BCUT2D eigenvalue weighted by Crippen LogP contribution is -2.42. The van der Waals surface area contributed by atoms with Crippen molar-refractivity contribution >= 4 is 21.4 Å². The Labute approximate surface area is 162 Å². The number of sulfone groups is 1. The van der Waals surface area contributed by atoms with Crippen LogP contribution in [-0.2, 0) is 15.6 Å². The second-order valence-corrected chi connectivity index (χ2v) is 7.90. The van der Waals surface area contributed by atoms with E-state index in [2.05, 4.69) is 10.2 Å².